The second kappa shape index (κ2) is 12.6. The third-order valence-corrected chi connectivity index (χ3v) is 12.2. The molecule has 266 valence electrons. The van der Waals surface area contributed by atoms with Gasteiger partial charge in [0.25, 0.3) is 0 Å². The van der Waals surface area contributed by atoms with Crippen molar-refractivity contribution in [3.63, 3.8) is 0 Å². The van der Waals surface area contributed by atoms with Crippen LogP contribution in [0, 0.1) is 0 Å². The number of aromatic nitrogens is 3. The molecular formula is C51H29N3O2S. The minimum atomic E-state index is 0.649. The Balaban J connectivity index is 1.04. The van der Waals surface area contributed by atoms with Crippen LogP contribution in [0.4, 0.5) is 0 Å². The van der Waals surface area contributed by atoms with Crippen molar-refractivity contribution in [2.45, 2.75) is 0 Å². The van der Waals surface area contributed by atoms with Crippen LogP contribution in [0.5, 0.6) is 0 Å². The molecule has 0 aliphatic carbocycles. The van der Waals surface area contributed by atoms with Crippen molar-refractivity contribution in [2.75, 3.05) is 0 Å². The average molecular weight is 748 g/mol. The minimum Gasteiger partial charge on any atom is -0.455 e. The fraction of sp³-hybridized carbons (Fsp3) is 0. The summed E-state index contributed by atoms with van der Waals surface area (Å²) in [5.41, 5.74) is 10.6. The van der Waals surface area contributed by atoms with Crippen molar-refractivity contribution >= 4 is 75.4 Å². The summed E-state index contributed by atoms with van der Waals surface area (Å²) in [7, 11) is 0. The van der Waals surface area contributed by atoms with Gasteiger partial charge in [-0.3, -0.25) is 0 Å². The normalized spacial score (nSPS) is 11.9. The number of benzene rings is 8. The summed E-state index contributed by atoms with van der Waals surface area (Å²) in [5.74, 6) is 1.95. The number of nitrogens with zero attached hydrogens (tertiary/aromatic N) is 3. The molecule has 4 aromatic heterocycles. The van der Waals surface area contributed by atoms with Gasteiger partial charge in [0.2, 0.25) is 0 Å². The van der Waals surface area contributed by atoms with Gasteiger partial charge in [-0.25, -0.2) is 15.0 Å². The largest absolute Gasteiger partial charge is 0.455 e. The number of thiophene rings is 1. The summed E-state index contributed by atoms with van der Waals surface area (Å²) in [4.78, 5) is 15.1. The van der Waals surface area contributed by atoms with Crippen molar-refractivity contribution in [1.29, 1.82) is 0 Å². The summed E-state index contributed by atoms with van der Waals surface area (Å²) in [6, 6.07) is 60.8. The highest BCUT2D eigenvalue weighted by atomic mass is 32.1. The van der Waals surface area contributed by atoms with E-state index in [1.807, 2.05) is 78.9 Å². The molecule has 0 saturated heterocycles. The lowest BCUT2D eigenvalue weighted by Crippen LogP contribution is -2.00. The fourth-order valence-corrected chi connectivity index (χ4v) is 9.56. The van der Waals surface area contributed by atoms with Crippen molar-refractivity contribution in [3.05, 3.63) is 176 Å². The molecule has 0 bridgehead atoms. The summed E-state index contributed by atoms with van der Waals surface area (Å²) >= 11 is 1.77. The predicted molar refractivity (Wildman–Crippen MR) is 234 cm³/mol. The van der Waals surface area contributed by atoms with E-state index in [2.05, 4.69) is 97.1 Å². The first-order valence-electron chi connectivity index (χ1n) is 18.9. The Morgan fingerprint density at radius 1 is 0.351 bits per heavy atom. The Labute approximate surface area is 330 Å². The van der Waals surface area contributed by atoms with E-state index in [9.17, 15) is 0 Å². The predicted octanol–water partition coefficient (Wildman–Crippen LogP) is 14.4. The highest BCUT2D eigenvalue weighted by Crippen LogP contribution is 2.46. The van der Waals surface area contributed by atoms with Crippen LogP contribution in [0.15, 0.2) is 185 Å². The average Bonchev–Trinajstić information content (AvgIpc) is 3.98. The second-order valence-electron chi connectivity index (χ2n) is 14.3. The van der Waals surface area contributed by atoms with Crippen LogP contribution < -0.4 is 0 Å². The van der Waals surface area contributed by atoms with Gasteiger partial charge < -0.3 is 8.83 Å². The molecule has 0 fully saturated rings. The molecule has 12 aromatic rings. The van der Waals surface area contributed by atoms with Gasteiger partial charge in [-0.15, -0.1) is 11.3 Å². The fourth-order valence-electron chi connectivity index (χ4n) is 8.31. The molecule has 6 heteroatoms. The molecule has 0 aliphatic heterocycles. The molecule has 0 radical (unpaired) electrons. The summed E-state index contributed by atoms with van der Waals surface area (Å²) < 4.78 is 15.6. The molecule has 0 N–H and O–H groups in total. The lowest BCUT2D eigenvalue weighted by Gasteiger charge is -2.09. The molecule has 4 heterocycles. The first-order valence-corrected chi connectivity index (χ1v) is 19.7. The standard InChI is InChI=1S/C51H29N3O2S/c1-3-13-30(14-4-1)49-52-50(31-15-5-2-6-16-31)54-51(53-49)41-22-12-21-39-35-26-25-32(29-44(35)57-48(39)41)33-27-28-38(47-45(33)40-18-8-10-24-43(40)56-47)37-20-11-19-36-34-17-7-9-23-42(34)55-46(36)37/h1-29H. The lowest BCUT2D eigenvalue weighted by atomic mass is 9.93. The van der Waals surface area contributed by atoms with Crippen LogP contribution in [0.2, 0.25) is 0 Å². The van der Waals surface area contributed by atoms with E-state index in [1.165, 1.54) is 15.5 Å². The number of hydrogen-bond donors (Lipinski definition) is 0. The van der Waals surface area contributed by atoms with Crippen molar-refractivity contribution in [3.8, 4) is 56.4 Å². The van der Waals surface area contributed by atoms with Crippen LogP contribution in [0.3, 0.4) is 0 Å². The van der Waals surface area contributed by atoms with E-state index in [4.69, 9.17) is 23.8 Å². The number of hydrogen-bond acceptors (Lipinski definition) is 6. The van der Waals surface area contributed by atoms with Gasteiger partial charge in [-0.1, -0.05) is 146 Å². The third kappa shape index (κ3) is 5.04. The van der Waals surface area contributed by atoms with Gasteiger partial charge in [-0.05, 0) is 41.5 Å². The Kier molecular flexibility index (Phi) is 7.03. The number of para-hydroxylation sites is 3. The molecule has 0 unspecified atom stereocenters. The Hall–Kier alpha value is -7.41. The zero-order chi connectivity index (χ0) is 37.5. The van der Waals surface area contributed by atoms with Gasteiger partial charge in [0.1, 0.15) is 22.3 Å². The molecule has 0 aliphatic rings. The first kappa shape index (κ1) is 31.9. The van der Waals surface area contributed by atoms with Crippen molar-refractivity contribution in [2.24, 2.45) is 0 Å². The monoisotopic (exact) mass is 747 g/mol. The van der Waals surface area contributed by atoms with E-state index in [-0.39, 0.29) is 0 Å². The van der Waals surface area contributed by atoms with Gasteiger partial charge in [0, 0.05) is 69.5 Å². The van der Waals surface area contributed by atoms with Gasteiger partial charge >= 0.3 is 0 Å². The molecule has 0 saturated carbocycles. The SMILES string of the molecule is c1ccc(-c2nc(-c3ccccc3)nc(-c3cccc4c3sc3cc(-c5ccc(-c6cccc7c6oc6ccccc67)c6oc7ccccc7c56)ccc34)n2)cc1. The van der Waals surface area contributed by atoms with E-state index in [0.29, 0.717) is 17.5 Å². The van der Waals surface area contributed by atoms with Gasteiger partial charge in [0.05, 0.1) is 0 Å². The molecular weight excluding hydrogens is 719 g/mol. The maximum absolute atomic E-state index is 6.75. The van der Waals surface area contributed by atoms with Gasteiger partial charge in [0.15, 0.2) is 17.5 Å². The smallest absolute Gasteiger partial charge is 0.165 e. The Bertz CT molecular complexity index is 3470. The molecule has 0 spiro atoms. The maximum Gasteiger partial charge on any atom is 0.165 e. The zero-order valence-corrected chi connectivity index (χ0v) is 31.1. The lowest BCUT2D eigenvalue weighted by molar-refractivity contribution is 0.665. The van der Waals surface area contributed by atoms with Crippen LogP contribution >= 0.6 is 11.3 Å². The molecule has 57 heavy (non-hydrogen) atoms. The quantitative estimate of drug-likeness (QED) is 0.175. The van der Waals surface area contributed by atoms with Crippen LogP contribution in [-0.2, 0) is 0 Å². The number of rotatable bonds is 5. The molecule has 0 amide bonds. The third-order valence-electron chi connectivity index (χ3n) is 11.0. The Morgan fingerprint density at radius 2 is 0.912 bits per heavy atom. The topological polar surface area (TPSA) is 65.0 Å². The van der Waals surface area contributed by atoms with Crippen LogP contribution in [0.1, 0.15) is 0 Å². The number of fused-ring (bicyclic) bond motifs is 9. The molecule has 5 nitrogen and oxygen atoms in total. The van der Waals surface area contributed by atoms with E-state index in [0.717, 1.165) is 87.5 Å². The molecule has 0 atom stereocenters. The van der Waals surface area contributed by atoms with Crippen LogP contribution in [0.25, 0.3) is 120 Å². The van der Waals surface area contributed by atoms with Gasteiger partial charge in [-0.2, -0.15) is 0 Å². The van der Waals surface area contributed by atoms with E-state index >= 15 is 0 Å². The summed E-state index contributed by atoms with van der Waals surface area (Å²) in [5, 5.41) is 6.74. The molecule has 12 rings (SSSR count). The number of furan rings is 2. The van der Waals surface area contributed by atoms with Crippen molar-refractivity contribution < 1.29 is 8.83 Å². The maximum atomic E-state index is 6.75. The second-order valence-corrected chi connectivity index (χ2v) is 15.3. The Morgan fingerprint density at radius 3 is 1.67 bits per heavy atom. The van der Waals surface area contributed by atoms with Crippen molar-refractivity contribution in [1.82, 2.24) is 15.0 Å². The van der Waals surface area contributed by atoms with E-state index in [1.54, 1.807) is 11.3 Å². The van der Waals surface area contributed by atoms with Crippen LogP contribution in [-0.4, -0.2) is 15.0 Å². The summed E-state index contributed by atoms with van der Waals surface area (Å²) in [6.45, 7) is 0. The van der Waals surface area contributed by atoms with E-state index < -0.39 is 0 Å². The minimum absolute atomic E-state index is 0.649. The highest BCUT2D eigenvalue weighted by molar-refractivity contribution is 7.26. The zero-order valence-electron chi connectivity index (χ0n) is 30.3. The summed E-state index contributed by atoms with van der Waals surface area (Å²) in [6.07, 6.45) is 0. The molecule has 8 aromatic carbocycles. The first-order chi connectivity index (χ1) is 28.2. The highest BCUT2D eigenvalue weighted by Gasteiger charge is 2.22.